The fourth-order valence-corrected chi connectivity index (χ4v) is 2.70. The van der Waals surface area contributed by atoms with Crippen LogP contribution in [0.3, 0.4) is 0 Å². The Morgan fingerprint density at radius 2 is 2.00 bits per heavy atom. The van der Waals surface area contributed by atoms with Gasteiger partial charge in [-0.05, 0) is 18.9 Å². The number of hydrogen-bond acceptors (Lipinski definition) is 4. The first-order valence-corrected chi connectivity index (χ1v) is 7.46. The van der Waals surface area contributed by atoms with Crippen molar-refractivity contribution in [1.29, 1.82) is 0 Å². The van der Waals surface area contributed by atoms with Gasteiger partial charge in [-0.3, -0.25) is 14.9 Å². The second-order valence-corrected chi connectivity index (χ2v) is 5.72. The van der Waals surface area contributed by atoms with Crippen molar-refractivity contribution in [2.24, 2.45) is 0 Å². The zero-order valence-corrected chi connectivity index (χ0v) is 13.1. The predicted molar refractivity (Wildman–Crippen MR) is 79.0 cm³/mol. The average molecular weight is 367 g/mol. The van der Waals surface area contributed by atoms with Crippen molar-refractivity contribution in [2.45, 2.75) is 25.1 Å². The Balaban J connectivity index is 2.36. The zero-order valence-electron chi connectivity index (χ0n) is 12.4. The van der Waals surface area contributed by atoms with Gasteiger partial charge in [0.25, 0.3) is 11.6 Å². The van der Waals surface area contributed by atoms with Crippen LogP contribution in [0.4, 0.5) is 18.9 Å². The fraction of sp³-hybridized carbons (Fsp3) is 0.500. The first kappa shape index (κ1) is 18.5. The lowest BCUT2D eigenvalue weighted by Crippen LogP contribution is -2.48. The molecular formula is C14H14ClF3N2O4. The fourth-order valence-electron chi connectivity index (χ4n) is 2.50. The van der Waals surface area contributed by atoms with Gasteiger partial charge in [0.15, 0.2) is 0 Å². The Morgan fingerprint density at radius 1 is 1.38 bits per heavy atom. The van der Waals surface area contributed by atoms with Crippen molar-refractivity contribution in [3.05, 3.63) is 38.9 Å². The lowest BCUT2D eigenvalue weighted by atomic mass is 10.0. The number of carbonyl (C=O) groups is 1. The van der Waals surface area contributed by atoms with Crippen molar-refractivity contribution < 1.29 is 27.6 Å². The third-order valence-electron chi connectivity index (χ3n) is 3.63. The molecule has 1 aromatic rings. The van der Waals surface area contributed by atoms with E-state index in [0.29, 0.717) is 4.90 Å². The van der Waals surface area contributed by atoms with Gasteiger partial charge in [-0.25, -0.2) is 0 Å². The maximum atomic E-state index is 12.9. The summed E-state index contributed by atoms with van der Waals surface area (Å²) in [6.45, 7) is -0.959. The number of non-ortho nitro benzene ring substituents is 1. The first-order valence-electron chi connectivity index (χ1n) is 7.08. The smallest absolute Gasteiger partial charge is 0.381 e. The maximum absolute atomic E-state index is 12.9. The number of hydrogen-bond donors (Lipinski definition) is 0. The van der Waals surface area contributed by atoms with Crippen molar-refractivity contribution in [1.82, 2.24) is 4.90 Å². The van der Waals surface area contributed by atoms with Crippen LogP contribution >= 0.6 is 11.6 Å². The van der Waals surface area contributed by atoms with E-state index in [1.165, 1.54) is 0 Å². The number of benzene rings is 1. The molecule has 24 heavy (non-hydrogen) atoms. The summed E-state index contributed by atoms with van der Waals surface area (Å²) in [5, 5.41) is 10.7. The minimum absolute atomic E-state index is 0.134. The highest BCUT2D eigenvalue weighted by Crippen LogP contribution is 2.28. The Morgan fingerprint density at radius 3 is 2.54 bits per heavy atom. The van der Waals surface area contributed by atoms with Gasteiger partial charge in [-0.15, -0.1) is 0 Å². The number of alkyl halides is 3. The largest absolute Gasteiger partial charge is 0.406 e. The molecule has 1 heterocycles. The summed E-state index contributed by atoms with van der Waals surface area (Å²) in [5.41, 5.74) is -0.733. The first-order chi connectivity index (χ1) is 11.2. The van der Waals surface area contributed by atoms with Crippen molar-refractivity contribution in [2.75, 3.05) is 19.8 Å². The molecule has 0 spiro atoms. The van der Waals surface area contributed by atoms with Gasteiger partial charge >= 0.3 is 6.18 Å². The molecule has 6 nitrogen and oxygen atoms in total. The normalized spacial score (nSPS) is 16.0. The number of nitro groups is 1. The molecule has 1 aromatic carbocycles. The van der Waals surface area contributed by atoms with E-state index in [1.807, 2.05) is 0 Å². The molecule has 0 aromatic heterocycles. The minimum Gasteiger partial charge on any atom is -0.381 e. The zero-order chi connectivity index (χ0) is 17.9. The van der Waals surface area contributed by atoms with Crippen LogP contribution in [0.25, 0.3) is 0 Å². The predicted octanol–water partition coefficient (Wildman–Crippen LogP) is 3.43. The van der Waals surface area contributed by atoms with Crippen LogP contribution < -0.4 is 0 Å². The van der Waals surface area contributed by atoms with Crippen LogP contribution in [0.5, 0.6) is 0 Å². The lowest BCUT2D eigenvalue weighted by Gasteiger charge is -2.35. The summed E-state index contributed by atoms with van der Waals surface area (Å²) < 4.78 is 43.7. The van der Waals surface area contributed by atoms with E-state index in [0.717, 1.165) is 18.2 Å². The summed E-state index contributed by atoms with van der Waals surface area (Å²) in [4.78, 5) is 23.4. The third kappa shape index (κ3) is 4.57. The number of halogens is 4. The SMILES string of the molecule is O=C(c1cc([N+](=O)[O-])ccc1Cl)N(CC(F)(F)F)C1CCOCC1. The average Bonchev–Trinajstić information content (AvgIpc) is 2.52. The molecule has 132 valence electrons. The summed E-state index contributed by atoms with van der Waals surface area (Å²) in [6.07, 6.45) is -4.08. The molecule has 0 unspecified atom stereocenters. The van der Waals surface area contributed by atoms with Gasteiger partial charge in [-0.1, -0.05) is 11.6 Å². The molecule has 0 saturated carbocycles. The quantitative estimate of drug-likeness (QED) is 0.604. The second kappa shape index (κ2) is 7.35. The van der Waals surface area contributed by atoms with Gasteiger partial charge in [0.1, 0.15) is 6.54 Å². The highest BCUT2D eigenvalue weighted by molar-refractivity contribution is 6.33. The number of nitrogens with zero attached hydrogens (tertiary/aromatic N) is 2. The summed E-state index contributed by atoms with van der Waals surface area (Å²) in [6, 6.07) is 2.45. The molecule has 1 amide bonds. The van der Waals surface area contributed by atoms with Gasteiger partial charge in [0.2, 0.25) is 0 Å². The second-order valence-electron chi connectivity index (χ2n) is 5.31. The highest BCUT2D eigenvalue weighted by Gasteiger charge is 2.38. The van der Waals surface area contributed by atoms with Crippen LogP contribution in [0.15, 0.2) is 18.2 Å². The van der Waals surface area contributed by atoms with Crippen molar-refractivity contribution in [3.8, 4) is 0 Å². The molecule has 1 aliphatic heterocycles. The summed E-state index contributed by atoms with van der Waals surface area (Å²) in [5.74, 6) is -0.979. The van der Waals surface area contributed by atoms with Crippen LogP contribution in [-0.4, -0.2) is 47.7 Å². The molecule has 0 atom stereocenters. The number of ether oxygens (including phenoxy) is 1. The molecule has 10 heteroatoms. The number of rotatable bonds is 4. The molecule has 2 rings (SSSR count). The monoisotopic (exact) mass is 366 g/mol. The van der Waals surface area contributed by atoms with Crippen LogP contribution in [0.2, 0.25) is 5.02 Å². The van der Waals surface area contributed by atoms with E-state index in [2.05, 4.69) is 0 Å². The number of amides is 1. The standard InChI is InChI=1S/C14H14ClF3N2O4/c15-12-2-1-10(20(22)23)7-11(12)13(21)19(8-14(16,17)18)9-3-5-24-6-4-9/h1-2,7,9H,3-6,8H2. The van der Waals surface area contributed by atoms with E-state index in [4.69, 9.17) is 16.3 Å². The van der Waals surface area contributed by atoms with Crippen LogP contribution in [0.1, 0.15) is 23.2 Å². The Hall–Kier alpha value is -1.87. The highest BCUT2D eigenvalue weighted by atomic mass is 35.5. The van der Waals surface area contributed by atoms with Crippen molar-refractivity contribution >= 4 is 23.2 Å². The molecule has 0 bridgehead atoms. The third-order valence-corrected chi connectivity index (χ3v) is 3.96. The van der Waals surface area contributed by atoms with E-state index in [9.17, 15) is 28.1 Å². The van der Waals surface area contributed by atoms with Crippen molar-refractivity contribution in [3.63, 3.8) is 0 Å². The molecule has 1 fully saturated rings. The number of carbonyl (C=O) groups excluding carboxylic acids is 1. The summed E-state index contributed by atoms with van der Waals surface area (Å²) >= 11 is 5.87. The Labute approximate surface area is 140 Å². The van der Waals surface area contributed by atoms with E-state index in [1.54, 1.807) is 0 Å². The van der Waals surface area contributed by atoms with Crippen LogP contribution in [0, 0.1) is 10.1 Å². The molecule has 1 saturated heterocycles. The van der Waals surface area contributed by atoms with E-state index in [-0.39, 0.29) is 36.6 Å². The summed E-state index contributed by atoms with van der Waals surface area (Å²) in [7, 11) is 0. The van der Waals surface area contributed by atoms with Gasteiger partial charge in [0, 0.05) is 31.4 Å². The molecule has 1 aliphatic rings. The van der Waals surface area contributed by atoms with Gasteiger partial charge in [0.05, 0.1) is 15.5 Å². The molecule has 0 radical (unpaired) electrons. The molecule has 0 N–H and O–H groups in total. The molecule has 0 aliphatic carbocycles. The van der Waals surface area contributed by atoms with Gasteiger partial charge in [-0.2, -0.15) is 13.2 Å². The van der Waals surface area contributed by atoms with Crippen LogP contribution in [-0.2, 0) is 4.74 Å². The van der Waals surface area contributed by atoms with E-state index >= 15 is 0 Å². The topological polar surface area (TPSA) is 72.7 Å². The minimum atomic E-state index is -4.60. The number of nitro benzene ring substituents is 1. The Bertz CT molecular complexity index is 633. The lowest BCUT2D eigenvalue weighted by molar-refractivity contribution is -0.384. The Kier molecular flexibility index (Phi) is 5.66. The van der Waals surface area contributed by atoms with E-state index < -0.39 is 35.3 Å². The van der Waals surface area contributed by atoms with Gasteiger partial charge < -0.3 is 9.64 Å². The molecular weight excluding hydrogens is 353 g/mol. The maximum Gasteiger partial charge on any atom is 0.406 e.